The van der Waals surface area contributed by atoms with Crippen molar-refractivity contribution >= 4 is 29.5 Å². The van der Waals surface area contributed by atoms with Crippen molar-refractivity contribution in [2.75, 3.05) is 26.2 Å². The van der Waals surface area contributed by atoms with Gasteiger partial charge in [-0.15, -0.1) is 11.8 Å². The number of rotatable bonds is 7. The molecule has 0 aliphatic carbocycles. The van der Waals surface area contributed by atoms with Crippen LogP contribution in [-0.4, -0.2) is 84.8 Å². The molecule has 2 fully saturated rings. The molecule has 42 heavy (non-hydrogen) atoms. The average molecular weight is 594 g/mol. The zero-order valence-electron chi connectivity index (χ0n) is 26.2. The van der Waals surface area contributed by atoms with Gasteiger partial charge in [-0.2, -0.15) is 0 Å². The largest absolute Gasteiger partial charge is 0.394 e. The van der Waals surface area contributed by atoms with Gasteiger partial charge in [0.1, 0.15) is 6.04 Å². The zero-order valence-corrected chi connectivity index (χ0v) is 27.0. The topological polar surface area (TPSA) is 81.2 Å². The first-order chi connectivity index (χ1) is 19.7. The maximum atomic E-state index is 15.0. The lowest BCUT2D eigenvalue weighted by atomic mass is 9.74. The number of amides is 3. The second-order valence-corrected chi connectivity index (χ2v) is 16.2. The minimum absolute atomic E-state index is 0.0222. The number of aliphatic hydroxyl groups excluding tert-OH is 1. The van der Waals surface area contributed by atoms with Crippen molar-refractivity contribution in [2.45, 2.75) is 88.4 Å². The van der Waals surface area contributed by atoms with Crippen molar-refractivity contribution in [3.63, 3.8) is 0 Å². The normalized spacial score (nSPS) is 32.0. The van der Waals surface area contributed by atoms with Gasteiger partial charge in [-0.3, -0.25) is 14.4 Å². The van der Waals surface area contributed by atoms with Crippen molar-refractivity contribution in [1.82, 2.24) is 14.7 Å². The number of nitrogens with zero attached hydrogens (tertiary/aromatic N) is 3. The van der Waals surface area contributed by atoms with Gasteiger partial charge in [0.15, 0.2) is 0 Å². The quantitative estimate of drug-likeness (QED) is 0.458. The molecular weight excluding hydrogens is 546 g/mol. The number of hydrogen-bond donors (Lipinski definition) is 1. The molecule has 1 aromatic rings. The third-order valence-corrected chi connectivity index (χ3v) is 11.3. The van der Waals surface area contributed by atoms with E-state index in [2.05, 4.69) is 66.7 Å². The molecule has 1 aromatic carbocycles. The van der Waals surface area contributed by atoms with Gasteiger partial charge in [-0.1, -0.05) is 82.3 Å². The Morgan fingerprint density at radius 3 is 2.24 bits per heavy atom. The van der Waals surface area contributed by atoms with Crippen LogP contribution in [0.3, 0.4) is 0 Å². The van der Waals surface area contributed by atoms with E-state index in [9.17, 15) is 14.7 Å². The van der Waals surface area contributed by atoms with Crippen LogP contribution < -0.4 is 0 Å². The van der Waals surface area contributed by atoms with Gasteiger partial charge < -0.3 is 19.8 Å². The molecule has 0 bridgehead atoms. The monoisotopic (exact) mass is 593 g/mol. The summed E-state index contributed by atoms with van der Waals surface area (Å²) in [5.41, 5.74) is 0.272. The van der Waals surface area contributed by atoms with E-state index in [1.807, 2.05) is 46.2 Å². The standard InChI is InChI=1S/C34H47N3O4S/c1-8-18-35-19-12-16-33(7)25(28(35)39)26-29(40)37(24(21-38)23-14-10-9-11-15-23)27-30(41)36(20-13-17-34(26,27)42-33)32(5,6)22-31(2,3)4/h9-17,24-27,38H,8,18-22H2,1-7H3/t24-,25+,26+,27?,33-,34+/m1/s1. The third-order valence-electron chi connectivity index (χ3n) is 9.46. The first-order valence-corrected chi connectivity index (χ1v) is 16.2. The Kier molecular flexibility index (Phi) is 7.97. The summed E-state index contributed by atoms with van der Waals surface area (Å²) < 4.78 is -1.59. The fraction of sp³-hybridized carbons (Fsp3) is 0.618. The molecule has 3 amide bonds. The van der Waals surface area contributed by atoms with E-state index >= 15 is 4.79 Å². The van der Waals surface area contributed by atoms with Crippen LogP contribution in [0.25, 0.3) is 0 Å². The molecule has 228 valence electrons. The van der Waals surface area contributed by atoms with Gasteiger partial charge in [-0.05, 0) is 44.6 Å². The van der Waals surface area contributed by atoms with Gasteiger partial charge in [0.2, 0.25) is 17.7 Å². The summed E-state index contributed by atoms with van der Waals surface area (Å²) in [5.74, 6) is -1.71. The number of benzene rings is 1. The van der Waals surface area contributed by atoms with Crippen LogP contribution in [0.5, 0.6) is 0 Å². The fourth-order valence-corrected chi connectivity index (χ4v) is 10.4. The SMILES string of the molecule is CCCN1CC=C[C@@]2(C)S[C@]34C=CCN(C(C)(C)CC(C)(C)C)C(=O)C3N([C@H](CO)c3ccccc3)C(=O)[C@@H]4[C@H]2C1=O. The van der Waals surface area contributed by atoms with E-state index in [4.69, 9.17) is 0 Å². The molecule has 0 saturated carbocycles. The minimum atomic E-state index is -0.947. The highest BCUT2D eigenvalue weighted by atomic mass is 32.2. The van der Waals surface area contributed by atoms with Crippen molar-refractivity contribution in [3.8, 4) is 0 Å². The molecule has 0 radical (unpaired) electrons. The van der Waals surface area contributed by atoms with Crippen LogP contribution in [0, 0.1) is 17.3 Å². The van der Waals surface area contributed by atoms with Crippen LogP contribution in [0.15, 0.2) is 54.6 Å². The second kappa shape index (κ2) is 10.8. The van der Waals surface area contributed by atoms with Crippen LogP contribution in [0.4, 0.5) is 0 Å². The van der Waals surface area contributed by atoms with Crippen molar-refractivity contribution in [3.05, 3.63) is 60.2 Å². The van der Waals surface area contributed by atoms with Gasteiger partial charge in [0, 0.05) is 29.9 Å². The van der Waals surface area contributed by atoms with Gasteiger partial charge >= 0.3 is 0 Å². The highest BCUT2D eigenvalue weighted by Crippen LogP contribution is 2.66. The van der Waals surface area contributed by atoms with E-state index in [-0.39, 0.29) is 29.7 Å². The predicted molar refractivity (Wildman–Crippen MR) is 168 cm³/mol. The lowest BCUT2D eigenvalue weighted by molar-refractivity contribution is -0.149. The zero-order chi connectivity index (χ0) is 30.7. The number of hydrogen-bond acceptors (Lipinski definition) is 5. The predicted octanol–water partition coefficient (Wildman–Crippen LogP) is 4.83. The summed E-state index contributed by atoms with van der Waals surface area (Å²) >= 11 is 1.60. The smallest absolute Gasteiger partial charge is 0.247 e. The first-order valence-electron chi connectivity index (χ1n) is 15.3. The summed E-state index contributed by atoms with van der Waals surface area (Å²) in [5, 5.41) is 10.8. The van der Waals surface area contributed by atoms with Gasteiger partial charge in [0.05, 0.1) is 29.2 Å². The summed E-state index contributed by atoms with van der Waals surface area (Å²) in [6, 6.07) is 7.90. The first kappa shape index (κ1) is 30.9. The van der Waals surface area contributed by atoms with E-state index in [1.165, 1.54) is 0 Å². The second-order valence-electron chi connectivity index (χ2n) is 14.4. The maximum absolute atomic E-state index is 15.0. The highest BCUT2D eigenvalue weighted by Gasteiger charge is 2.74. The van der Waals surface area contributed by atoms with Crippen molar-refractivity contribution < 1.29 is 19.5 Å². The Balaban J connectivity index is 1.69. The van der Waals surface area contributed by atoms with Crippen molar-refractivity contribution in [2.24, 2.45) is 17.3 Å². The number of thioether (sulfide) groups is 1. The van der Waals surface area contributed by atoms with E-state index in [1.54, 1.807) is 16.7 Å². The van der Waals surface area contributed by atoms with Crippen LogP contribution in [-0.2, 0) is 14.4 Å². The molecule has 4 aliphatic heterocycles. The Morgan fingerprint density at radius 1 is 0.952 bits per heavy atom. The number of likely N-dealkylation sites (tertiary alicyclic amines) is 1. The van der Waals surface area contributed by atoms with E-state index < -0.39 is 39.0 Å². The lowest BCUT2D eigenvalue weighted by Crippen LogP contribution is -2.59. The number of fused-ring (bicyclic) bond motifs is 2. The number of aliphatic hydroxyl groups is 1. The Morgan fingerprint density at radius 2 is 1.62 bits per heavy atom. The van der Waals surface area contributed by atoms with Crippen molar-refractivity contribution in [1.29, 1.82) is 0 Å². The molecular formula is C34H47N3O4S. The molecule has 1 N–H and O–H groups in total. The minimum Gasteiger partial charge on any atom is -0.394 e. The molecule has 2 saturated heterocycles. The van der Waals surface area contributed by atoms with Gasteiger partial charge in [0.25, 0.3) is 0 Å². The molecule has 5 rings (SSSR count). The molecule has 7 nitrogen and oxygen atoms in total. The Hall–Kier alpha value is -2.58. The average Bonchev–Trinajstić information content (AvgIpc) is 3.17. The molecule has 6 atom stereocenters. The van der Waals surface area contributed by atoms with Crippen LogP contribution >= 0.6 is 11.8 Å². The molecule has 1 unspecified atom stereocenters. The Labute approximate surface area is 255 Å². The molecule has 4 aliphatic rings. The Bertz CT molecular complexity index is 1290. The van der Waals surface area contributed by atoms with E-state index in [0.717, 1.165) is 18.4 Å². The molecule has 1 spiro atoms. The summed E-state index contributed by atoms with van der Waals surface area (Å²) in [6.45, 7) is 16.1. The maximum Gasteiger partial charge on any atom is 0.247 e. The van der Waals surface area contributed by atoms with Gasteiger partial charge in [-0.25, -0.2) is 0 Å². The molecule has 4 heterocycles. The summed E-state index contributed by atoms with van der Waals surface area (Å²) in [7, 11) is 0. The van der Waals surface area contributed by atoms with Crippen LogP contribution in [0.1, 0.15) is 72.9 Å². The molecule has 8 heteroatoms. The van der Waals surface area contributed by atoms with Crippen LogP contribution in [0.2, 0.25) is 0 Å². The fourth-order valence-electron chi connectivity index (χ4n) is 8.29. The number of carbonyl (C=O) groups is 3. The molecule has 0 aromatic heterocycles. The van der Waals surface area contributed by atoms with E-state index in [0.29, 0.717) is 19.6 Å². The lowest BCUT2D eigenvalue weighted by Gasteiger charge is -2.45. The number of carbonyl (C=O) groups excluding carboxylic acids is 3. The summed E-state index contributed by atoms with van der Waals surface area (Å²) in [6.07, 6.45) is 9.87. The third kappa shape index (κ3) is 4.92. The summed E-state index contributed by atoms with van der Waals surface area (Å²) in [4.78, 5) is 49.6. The highest BCUT2D eigenvalue weighted by molar-refractivity contribution is 8.02.